The molecule has 13 heavy (non-hydrogen) atoms. The lowest BCUT2D eigenvalue weighted by Crippen LogP contribution is -2.30. The molecule has 0 saturated heterocycles. The zero-order valence-electron chi connectivity index (χ0n) is 6.82. The number of rotatable bonds is 3. The molecule has 0 bridgehead atoms. The van der Waals surface area contributed by atoms with Gasteiger partial charge in [-0.15, -0.1) is 0 Å². The van der Waals surface area contributed by atoms with Gasteiger partial charge in [-0.3, -0.25) is 0 Å². The zero-order chi connectivity index (χ0) is 10.6. The van der Waals surface area contributed by atoms with Gasteiger partial charge in [0.15, 0.2) is 0 Å². The van der Waals surface area contributed by atoms with Gasteiger partial charge < -0.3 is 4.74 Å². The van der Waals surface area contributed by atoms with Crippen molar-refractivity contribution in [2.24, 2.45) is 0 Å². The molecule has 2 nitrogen and oxygen atoms in total. The molecular weight excluding hydrogens is 192 g/mol. The van der Waals surface area contributed by atoms with Crippen molar-refractivity contribution in [2.75, 3.05) is 6.61 Å². The number of hydrogen-bond acceptors (Lipinski definition) is 2. The van der Waals surface area contributed by atoms with Crippen LogP contribution in [0.1, 0.15) is 6.92 Å². The highest BCUT2D eigenvalue weighted by Crippen LogP contribution is 2.23. The summed E-state index contributed by atoms with van der Waals surface area (Å²) in [6, 6.07) is 0. The molecule has 1 unspecified atom stereocenters. The van der Waals surface area contributed by atoms with Crippen molar-refractivity contribution in [2.45, 2.75) is 19.3 Å². The van der Waals surface area contributed by atoms with Crippen molar-refractivity contribution in [3.8, 4) is 0 Å². The molecule has 0 N–H and O–H groups in total. The fourth-order valence-corrected chi connectivity index (χ4v) is 0.367. The second-order valence-corrected chi connectivity index (χ2v) is 2.39. The van der Waals surface area contributed by atoms with Gasteiger partial charge in [-0.2, -0.15) is 13.2 Å². The molecule has 0 fully saturated rings. The largest absolute Gasteiger partial charge is 0.459 e. The number of carbonyl (C=O) groups excluding carboxylic acids is 1. The summed E-state index contributed by atoms with van der Waals surface area (Å²) in [6.07, 6.45) is -8.13. The smallest absolute Gasteiger partial charge is 0.423 e. The molecule has 0 aromatic rings. The lowest BCUT2D eigenvalue weighted by Gasteiger charge is -2.12. The van der Waals surface area contributed by atoms with Gasteiger partial charge in [0.25, 0.3) is 0 Å². The standard InChI is InChI=1S/C7H8F4O2/c1-4(2)6(12)13-3-5(8)7(9,10)11/h5H,1,3H2,2H3. The first-order valence-electron chi connectivity index (χ1n) is 3.28. The molecule has 0 heterocycles. The van der Waals surface area contributed by atoms with Gasteiger partial charge in [-0.25, -0.2) is 9.18 Å². The average molecular weight is 200 g/mol. The summed E-state index contributed by atoms with van der Waals surface area (Å²) in [5.74, 6) is -1.04. The zero-order valence-corrected chi connectivity index (χ0v) is 6.82. The molecule has 0 saturated carbocycles. The first-order valence-corrected chi connectivity index (χ1v) is 3.28. The minimum absolute atomic E-state index is 0.0747. The van der Waals surface area contributed by atoms with E-state index in [-0.39, 0.29) is 5.57 Å². The van der Waals surface area contributed by atoms with Gasteiger partial charge in [-0.1, -0.05) is 6.58 Å². The number of esters is 1. The summed E-state index contributed by atoms with van der Waals surface area (Å²) < 4.78 is 50.6. The Kier molecular flexibility index (Phi) is 3.90. The Bertz CT molecular complexity index is 209. The van der Waals surface area contributed by atoms with Crippen LogP contribution in [0.25, 0.3) is 0 Å². The summed E-state index contributed by atoms with van der Waals surface area (Å²) >= 11 is 0. The van der Waals surface area contributed by atoms with Crippen LogP contribution in [-0.4, -0.2) is 24.9 Å². The van der Waals surface area contributed by atoms with Crippen LogP contribution in [0.2, 0.25) is 0 Å². The fraction of sp³-hybridized carbons (Fsp3) is 0.571. The van der Waals surface area contributed by atoms with Gasteiger partial charge >= 0.3 is 12.1 Å². The summed E-state index contributed by atoms with van der Waals surface area (Å²) in [7, 11) is 0. The lowest BCUT2D eigenvalue weighted by molar-refractivity contribution is -0.194. The molecule has 0 aliphatic carbocycles. The third kappa shape index (κ3) is 4.49. The van der Waals surface area contributed by atoms with Crippen molar-refractivity contribution < 1.29 is 27.1 Å². The van der Waals surface area contributed by atoms with Gasteiger partial charge in [-0.05, 0) is 6.92 Å². The van der Waals surface area contributed by atoms with E-state index < -0.39 is 24.9 Å². The number of carbonyl (C=O) groups is 1. The SMILES string of the molecule is C=C(C)C(=O)OCC(F)C(F)(F)F. The Morgan fingerprint density at radius 1 is 1.54 bits per heavy atom. The quantitative estimate of drug-likeness (QED) is 0.395. The second-order valence-electron chi connectivity index (χ2n) is 2.39. The van der Waals surface area contributed by atoms with Crippen molar-refractivity contribution in [1.29, 1.82) is 0 Å². The number of halogens is 4. The minimum atomic E-state index is -4.99. The van der Waals surface area contributed by atoms with Gasteiger partial charge in [0.1, 0.15) is 6.61 Å². The summed E-state index contributed by atoms with van der Waals surface area (Å²) in [5.41, 5.74) is -0.0747. The Morgan fingerprint density at radius 3 is 2.31 bits per heavy atom. The number of ether oxygens (including phenoxy) is 1. The van der Waals surface area contributed by atoms with Crippen molar-refractivity contribution in [1.82, 2.24) is 0 Å². The molecule has 0 amide bonds. The molecule has 0 spiro atoms. The van der Waals surface area contributed by atoms with Crippen molar-refractivity contribution in [3.05, 3.63) is 12.2 Å². The van der Waals surface area contributed by atoms with Gasteiger partial charge in [0, 0.05) is 5.57 Å². The highest BCUT2D eigenvalue weighted by Gasteiger charge is 2.41. The van der Waals surface area contributed by atoms with Gasteiger partial charge in [0.2, 0.25) is 6.17 Å². The third-order valence-electron chi connectivity index (χ3n) is 1.06. The van der Waals surface area contributed by atoms with E-state index in [1.165, 1.54) is 6.92 Å². The van der Waals surface area contributed by atoms with Crippen LogP contribution in [0.3, 0.4) is 0 Å². The Labute approximate surface area is 72.2 Å². The van der Waals surface area contributed by atoms with Crippen LogP contribution < -0.4 is 0 Å². The Balaban J connectivity index is 3.91. The molecule has 0 radical (unpaired) electrons. The Morgan fingerprint density at radius 2 is 2.00 bits per heavy atom. The van der Waals surface area contributed by atoms with Crippen LogP contribution in [-0.2, 0) is 9.53 Å². The van der Waals surface area contributed by atoms with Crippen LogP contribution in [0.5, 0.6) is 0 Å². The fourth-order valence-electron chi connectivity index (χ4n) is 0.367. The number of alkyl halides is 4. The monoisotopic (exact) mass is 200 g/mol. The van der Waals surface area contributed by atoms with Crippen molar-refractivity contribution >= 4 is 5.97 Å². The maximum absolute atomic E-state index is 12.1. The minimum Gasteiger partial charge on any atom is -0.459 e. The molecule has 0 aliphatic heterocycles. The number of hydrogen-bond donors (Lipinski definition) is 0. The molecule has 1 atom stereocenters. The normalized spacial score (nSPS) is 13.6. The predicted molar refractivity (Wildman–Crippen MR) is 36.7 cm³/mol. The van der Waals surface area contributed by atoms with Crippen LogP contribution in [0.15, 0.2) is 12.2 Å². The van der Waals surface area contributed by atoms with Crippen LogP contribution in [0, 0.1) is 0 Å². The molecule has 0 aromatic heterocycles. The molecular formula is C7H8F4O2. The first-order chi connectivity index (χ1) is 5.75. The van der Waals surface area contributed by atoms with Crippen molar-refractivity contribution in [3.63, 3.8) is 0 Å². The molecule has 76 valence electrons. The van der Waals surface area contributed by atoms with E-state index in [2.05, 4.69) is 11.3 Å². The predicted octanol–water partition coefficient (Wildman–Crippen LogP) is 2.01. The molecule has 0 aromatic carbocycles. The maximum Gasteiger partial charge on any atom is 0.423 e. The van der Waals surface area contributed by atoms with E-state index in [0.717, 1.165) is 0 Å². The molecule has 0 aliphatic rings. The second kappa shape index (κ2) is 4.25. The summed E-state index contributed by atoms with van der Waals surface area (Å²) in [4.78, 5) is 10.5. The van der Waals surface area contributed by atoms with Crippen LogP contribution >= 0.6 is 0 Å². The highest BCUT2D eigenvalue weighted by atomic mass is 19.4. The van der Waals surface area contributed by atoms with E-state index in [1.54, 1.807) is 0 Å². The van der Waals surface area contributed by atoms with E-state index >= 15 is 0 Å². The van der Waals surface area contributed by atoms with Crippen LogP contribution in [0.4, 0.5) is 17.6 Å². The van der Waals surface area contributed by atoms with Gasteiger partial charge in [0.05, 0.1) is 0 Å². The highest BCUT2D eigenvalue weighted by molar-refractivity contribution is 5.86. The molecule has 6 heteroatoms. The molecule has 0 rings (SSSR count). The van der Waals surface area contributed by atoms with E-state index in [1.807, 2.05) is 0 Å². The lowest BCUT2D eigenvalue weighted by atomic mass is 10.3. The average Bonchev–Trinajstić information content (AvgIpc) is 1.97. The summed E-state index contributed by atoms with van der Waals surface area (Å²) in [6.45, 7) is 3.05. The first kappa shape index (κ1) is 11.9. The Hall–Kier alpha value is -1.07. The maximum atomic E-state index is 12.1. The summed E-state index contributed by atoms with van der Waals surface area (Å²) in [5, 5.41) is 0. The third-order valence-corrected chi connectivity index (χ3v) is 1.06. The van der Waals surface area contributed by atoms with E-state index in [4.69, 9.17) is 0 Å². The van der Waals surface area contributed by atoms with E-state index in [9.17, 15) is 22.4 Å². The topological polar surface area (TPSA) is 26.3 Å². The van der Waals surface area contributed by atoms with E-state index in [0.29, 0.717) is 0 Å².